The van der Waals surface area contributed by atoms with Crippen molar-refractivity contribution in [3.05, 3.63) is 47.5 Å². The highest BCUT2D eigenvalue weighted by molar-refractivity contribution is 5.58. The highest BCUT2D eigenvalue weighted by Gasteiger charge is 2.36. The third kappa shape index (κ3) is 3.74. The molecule has 0 radical (unpaired) electrons. The van der Waals surface area contributed by atoms with E-state index in [1.807, 2.05) is 30.3 Å². The summed E-state index contributed by atoms with van der Waals surface area (Å²) < 4.78 is 16.7. The molecule has 2 unspecified atom stereocenters. The summed E-state index contributed by atoms with van der Waals surface area (Å²) >= 11 is 0. The Hall–Kier alpha value is -2.44. The minimum Gasteiger partial charge on any atom is -0.496 e. The van der Waals surface area contributed by atoms with Gasteiger partial charge in [-0.1, -0.05) is 12.1 Å². The van der Waals surface area contributed by atoms with E-state index < -0.39 is 6.10 Å². The van der Waals surface area contributed by atoms with Crippen molar-refractivity contribution < 1.29 is 19.3 Å². The lowest BCUT2D eigenvalue weighted by Gasteiger charge is -2.44. The molecule has 2 aromatic carbocycles. The van der Waals surface area contributed by atoms with E-state index in [2.05, 4.69) is 15.9 Å². The number of benzene rings is 2. The van der Waals surface area contributed by atoms with Crippen molar-refractivity contribution in [2.45, 2.75) is 25.0 Å². The molecule has 6 heteroatoms. The van der Waals surface area contributed by atoms with Crippen LogP contribution in [0.5, 0.6) is 17.2 Å². The lowest BCUT2D eigenvalue weighted by atomic mass is 9.84. The van der Waals surface area contributed by atoms with Crippen LogP contribution in [-0.2, 0) is 12.8 Å². The van der Waals surface area contributed by atoms with Crippen LogP contribution in [-0.4, -0.2) is 69.7 Å². The minimum absolute atomic E-state index is 0.0864. The molecule has 2 aliphatic rings. The molecule has 2 atom stereocenters. The Morgan fingerprint density at radius 3 is 1.97 bits per heavy atom. The highest BCUT2D eigenvalue weighted by atomic mass is 16.5. The van der Waals surface area contributed by atoms with Gasteiger partial charge in [-0.2, -0.15) is 0 Å². The van der Waals surface area contributed by atoms with Crippen LogP contribution in [0.2, 0.25) is 0 Å². The van der Waals surface area contributed by atoms with E-state index in [1.165, 1.54) is 0 Å². The van der Waals surface area contributed by atoms with Gasteiger partial charge in [0.25, 0.3) is 0 Å². The molecule has 4 rings (SSSR count). The van der Waals surface area contributed by atoms with Crippen LogP contribution in [0, 0.1) is 0 Å². The zero-order valence-electron chi connectivity index (χ0n) is 17.4. The molecule has 156 valence electrons. The van der Waals surface area contributed by atoms with E-state index in [1.54, 1.807) is 21.3 Å². The van der Waals surface area contributed by atoms with Gasteiger partial charge < -0.3 is 24.2 Å². The monoisotopic (exact) mass is 398 g/mol. The molecule has 1 saturated heterocycles. The maximum absolute atomic E-state index is 10.9. The SMILES string of the molecule is COc1ccccc1N1CCN(C2Cc3c(OC)ccc(OC)c3CC2O)CC1. The molecule has 2 aromatic rings. The number of rotatable bonds is 5. The van der Waals surface area contributed by atoms with Gasteiger partial charge in [-0.05, 0) is 30.7 Å². The van der Waals surface area contributed by atoms with Gasteiger partial charge in [0.15, 0.2) is 0 Å². The molecule has 0 bridgehead atoms. The normalized spacial score (nSPS) is 22.1. The lowest BCUT2D eigenvalue weighted by Crippen LogP contribution is -2.56. The van der Waals surface area contributed by atoms with Crippen molar-refractivity contribution >= 4 is 5.69 Å². The molecule has 1 heterocycles. The Kier molecular flexibility index (Phi) is 5.83. The summed E-state index contributed by atoms with van der Waals surface area (Å²) in [6, 6.07) is 12.1. The van der Waals surface area contributed by atoms with E-state index in [0.29, 0.717) is 6.42 Å². The predicted molar refractivity (Wildman–Crippen MR) is 114 cm³/mol. The zero-order chi connectivity index (χ0) is 20.4. The van der Waals surface area contributed by atoms with Gasteiger partial charge in [-0.25, -0.2) is 0 Å². The van der Waals surface area contributed by atoms with Gasteiger partial charge in [0.1, 0.15) is 17.2 Å². The third-order valence-corrected chi connectivity index (χ3v) is 6.26. The summed E-state index contributed by atoms with van der Waals surface area (Å²) in [7, 11) is 5.10. The first-order valence-electron chi connectivity index (χ1n) is 10.2. The van der Waals surface area contributed by atoms with Gasteiger partial charge in [0, 0.05) is 49.8 Å². The average Bonchev–Trinajstić information content (AvgIpc) is 2.78. The molecule has 0 amide bonds. The second-order valence-corrected chi connectivity index (χ2v) is 7.66. The summed E-state index contributed by atoms with van der Waals surface area (Å²) in [4.78, 5) is 4.78. The van der Waals surface area contributed by atoms with Crippen LogP contribution in [0.4, 0.5) is 5.69 Å². The molecule has 1 aliphatic carbocycles. The summed E-state index contributed by atoms with van der Waals surface area (Å²) in [5, 5.41) is 10.9. The Morgan fingerprint density at radius 2 is 1.34 bits per heavy atom. The summed E-state index contributed by atoms with van der Waals surface area (Å²) in [5.41, 5.74) is 3.37. The molecule has 0 spiro atoms. The van der Waals surface area contributed by atoms with Crippen molar-refractivity contribution in [2.24, 2.45) is 0 Å². The zero-order valence-corrected chi connectivity index (χ0v) is 17.4. The second kappa shape index (κ2) is 8.51. The fourth-order valence-corrected chi connectivity index (χ4v) is 4.73. The highest BCUT2D eigenvalue weighted by Crippen LogP contribution is 2.38. The quantitative estimate of drug-likeness (QED) is 0.835. The van der Waals surface area contributed by atoms with Gasteiger partial charge in [-0.15, -0.1) is 0 Å². The average molecular weight is 399 g/mol. The summed E-state index contributed by atoms with van der Waals surface area (Å²) in [5.74, 6) is 2.62. The largest absolute Gasteiger partial charge is 0.496 e. The number of para-hydroxylation sites is 2. The Morgan fingerprint density at radius 1 is 0.759 bits per heavy atom. The molecule has 29 heavy (non-hydrogen) atoms. The first-order valence-corrected chi connectivity index (χ1v) is 10.2. The Labute approximate surface area is 172 Å². The van der Waals surface area contributed by atoms with E-state index in [9.17, 15) is 5.11 Å². The molecule has 0 aromatic heterocycles. The number of hydrogen-bond acceptors (Lipinski definition) is 6. The van der Waals surface area contributed by atoms with Gasteiger partial charge in [0.05, 0.1) is 33.1 Å². The van der Waals surface area contributed by atoms with Gasteiger partial charge >= 0.3 is 0 Å². The molecular weight excluding hydrogens is 368 g/mol. The standard InChI is InChI=1S/C23H30N2O4/c1-27-21-8-9-22(28-2)17-15-20(26)19(14-16(17)21)25-12-10-24(11-13-25)18-6-4-5-7-23(18)29-3/h4-9,19-20,26H,10-15H2,1-3H3. The fraction of sp³-hybridized carbons (Fsp3) is 0.478. The molecule has 1 aliphatic heterocycles. The lowest BCUT2D eigenvalue weighted by molar-refractivity contribution is 0.0384. The van der Waals surface area contributed by atoms with Gasteiger partial charge in [0.2, 0.25) is 0 Å². The van der Waals surface area contributed by atoms with E-state index in [0.717, 1.165) is 66.7 Å². The van der Waals surface area contributed by atoms with Crippen LogP contribution in [0.3, 0.4) is 0 Å². The van der Waals surface area contributed by atoms with Crippen molar-refractivity contribution in [3.8, 4) is 17.2 Å². The maximum Gasteiger partial charge on any atom is 0.142 e. The number of hydrogen-bond donors (Lipinski definition) is 1. The first-order chi connectivity index (χ1) is 14.2. The molecule has 0 saturated carbocycles. The minimum atomic E-state index is -0.415. The van der Waals surface area contributed by atoms with Crippen LogP contribution in [0.1, 0.15) is 11.1 Å². The van der Waals surface area contributed by atoms with Crippen molar-refractivity contribution in [1.29, 1.82) is 0 Å². The first kappa shape index (κ1) is 19.9. The number of ether oxygens (including phenoxy) is 3. The molecular formula is C23H30N2O4. The molecule has 1 fully saturated rings. The van der Waals surface area contributed by atoms with E-state index >= 15 is 0 Å². The van der Waals surface area contributed by atoms with Crippen LogP contribution < -0.4 is 19.1 Å². The Bertz CT molecular complexity index is 849. The topological polar surface area (TPSA) is 54.4 Å². The molecule has 6 nitrogen and oxygen atoms in total. The van der Waals surface area contributed by atoms with Gasteiger partial charge in [-0.3, -0.25) is 4.90 Å². The van der Waals surface area contributed by atoms with Crippen LogP contribution in [0.25, 0.3) is 0 Å². The fourth-order valence-electron chi connectivity index (χ4n) is 4.73. The number of piperazine rings is 1. The maximum atomic E-state index is 10.9. The van der Waals surface area contributed by atoms with E-state index in [4.69, 9.17) is 14.2 Å². The second-order valence-electron chi connectivity index (χ2n) is 7.66. The Balaban J connectivity index is 1.50. The van der Waals surface area contributed by atoms with E-state index in [-0.39, 0.29) is 6.04 Å². The number of aliphatic hydroxyl groups excluding tert-OH is 1. The molecule has 1 N–H and O–H groups in total. The smallest absolute Gasteiger partial charge is 0.142 e. The summed E-state index contributed by atoms with van der Waals surface area (Å²) in [6.07, 6.45) is 0.944. The van der Waals surface area contributed by atoms with Crippen LogP contribution in [0.15, 0.2) is 36.4 Å². The number of nitrogens with zero attached hydrogens (tertiary/aromatic N) is 2. The number of aliphatic hydroxyl groups is 1. The van der Waals surface area contributed by atoms with Crippen molar-refractivity contribution in [1.82, 2.24) is 4.90 Å². The third-order valence-electron chi connectivity index (χ3n) is 6.26. The van der Waals surface area contributed by atoms with Crippen molar-refractivity contribution in [2.75, 3.05) is 52.4 Å². The number of methoxy groups -OCH3 is 3. The van der Waals surface area contributed by atoms with Crippen LogP contribution >= 0.6 is 0 Å². The number of fused-ring (bicyclic) bond motifs is 1. The van der Waals surface area contributed by atoms with Crippen molar-refractivity contribution in [3.63, 3.8) is 0 Å². The number of anilines is 1. The summed E-state index contributed by atoms with van der Waals surface area (Å²) in [6.45, 7) is 3.63. The predicted octanol–water partition coefficient (Wildman–Crippen LogP) is 2.36.